The van der Waals surface area contributed by atoms with Gasteiger partial charge in [-0.15, -0.1) is 0 Å². The zero-order valence-electron chi connectivity index (χ0n) is 4.49. The van der Waals surface area contributed by atoms with E-state index < -0.39 is 0 Å². The van der Waals surface area contributed by atoms with Crippen LogP contribution in [0.5, 0.6) is 0 Å². The summed E-state index contributed by atoms with van der Waals surface area (Å²) >= 11 is 0. The zero-order chi connectivity index (χ0) is 4.12. The first-order chi connectivity index (χ1) is 2.41. The van der Waals surface area contributed by atoms with Gasteiger partial charge in [0.15, 0.2) is 0 Å². The van der Waals surface area contributed by atoms with Crippen molar-refractivity contribution in [2.24, 2.45) is 0 Å². The molecular formula is C5H11U-. The Morgan fingerprint density at radius 1 is 1.50 bits per heavy atom. The number of unbranched alkanes of at least 4 members (excludes halogenated alkanes) is 2. The molecule has 0 aliphatic rings. The van der Waals surface area contributed by atoms with Crippen molar-refractivity contribution in [3.63, 3.8) is 0 Å². The first-order valence-electron chi connectivity index (χ1n) is 2.19. The van der Waals surface area contributed by atoms with Crippen LogP contribution in [-0.2, 0) is 0 Å². The molecule has 1 heteroatoms. The van der Waals surface area contributed by atoms with E-state index in [1.54, 1.807) is 0 Å². The van der Waals surface area contributed by atoms with Crippen LogP contribution in [0.2, 0.25) is 0 Å². The normalized spacial score (nSPS) is 7.00. The van der Waals surface area contributed by atoms with Gasteiger partial charge >= 0.3 is 0 Å². The predicted molar refractivity (Wildman–Crippen MR) is 24.9 cm³/mol. The molecule has 0 rings (SSSR count). The molecule has 6 heavy (non-hydrogen) atoms. The monoisotopic (exact) mass is 309 g/mol. The first-order valence-corrected chi connectivity index (χ1v) is 2.19. The summed E-state index contributed by atoms with van der Waals surface area (Å²) in [4.78, 5) is 0. The fraction of sp³-hybridized carbons (Fsp3) is 0.800. The minimum absolute atomic E-state index is 0. The quantitative estimate of drug-likeness (QED) is 0.685. The molecule has 0 amide bonds. The zero-order valence-corrected chi connectivity index (χ0v) is 8.66. The van der Waals surface area contributed by atoms with Gasteiger partial charge in [0.05, 0.1) is 0 Å². The van der Waals surface area contributed by atoms with Crippen LogP contribution in [0.25, 0.3) is 0 Å². The fourth-order valence-corrected chi connectivity index (χ4v) is 0.289. The van der Waals surface area contributed by atoms with E-state index in [4.69, 9.17) is 0 Å². The summed E-state index contributed by atoms with van der Waals surface area (Å²) in [6, 6.07) is 0. The van der Waals surface area contributed by atoms with Gasteiger partial charge in [0.2, 0.25) is 0 Å². The maximum absolute atomic E-state index is 2.18. The standard InChI is InChI=1S/C5H11.U/c1-3-5-4-2;/h3H,4-5H2,1-2H3;/q-1;. The van der Waals surface area contributed by atoms with E-state index in [2.05, 4.69) is 20.3 Å². The molecule has 36 valence electrons. The van der Waals surface area contributed by atoms with E-state index in [-0.39, 0.29) is 31.1 Å². The minimum atomic E-state index is 0. The third-order valence-electron chi connectivity index (χ3n) is 0.577. The minimum Gasteiger partial charge on any atom is -0.332 e. The summed E-state index contributed by atoms with van der Waals surface area (Å²) in [6.07, 6.45) is 4.73. The third-order valence-corrected chi connectivity index (χ3v) is 0.577. The molecule has 0 aliphatic carbocycles. The van der Waals surface area contributed by atoms with Gasteiger partial charge in [0.25, 0.3) is 0 Å². The van der Waals surface area contributed by atoms with Crippen molar-refractivity contribution in [2.75, 3.05) is 0 Å². The SMILES string of the molecule is C[CH-]CCC.[U]. The Morgan fingerprint density at radius 2 is 2.00 bits per heavy atom. The van der Waals surface area contributed by atoms with Gasteiger partial charge in [-0.05, 0) is 0 Å². The van der Waals surface area contributed by atoms with Crippen molar-refractivity contribution < 1.29 is 31.1 Å². The van der Waals surface area contributed by atoms with Gasteiger partial charge in [-0.2, -0.15) is 13.3 Å². The Balaban J connectivity index is 0. The fourth-order valence-electron chi connectivity index (χ4n) is 0.289. The molecule has 0 nitrogen and oxygen atoms in total. The van der Waals surface area contributed by atoms with Crippen molar-refractivity contribution in [1.29, 1.82) is 0 Å². The molecule has 0 bridgehead atoms. The Labute approximate surface area is 64.1 Å². The molecule has 0 radical (unpaired) electrons. The number of rotatable bonds is 2. The average molecular weight is 309 g/mol. The van der Waals surface area contributed by atoms with Crippen molar-refractivity contribution in [3.05, 3.63) is 6.42 Å². The van der Waals surface area contributed by atoms with Crippen LogP contribution in [0.3, 0.4) is 0 Å². The van der Waals surface area contributed by atoms with Crippen molar-refractivity contribution in [1.82, 2.24) is 0 Å². The van der Waals surface area contributed by atoms with Crippen LogP contribution in [0.15, 0.2) is 0 Å². The van der Waals surface area contributed by atoms with Crippen molar-refractivity contribution >= 4 is 0 Å². The van der Waals surface area contributed by atoms with Crippen LogP contribution >= 0.6 is 0 Å². The summed E-state index contributed by atoms with van der Waals surface area (Å²) in [5, 5.41) is 0. The number of hydrogen-bond donors (Lipinski definition) is 0. The smallest absolute Gasteiger partial charge is 0 e. The van der Waals surface area contributed by atoms with Crippen LogP contribution in [0, 0.1) is 37.5 Å². The molecule has 0 spiro atoms. The van der Waals surface area contributed by atoms with E-state index in [1.165, 1.54) is 12.8 Å². The van der Waals surface area contributed by atoms with Crippen LogP contribution in [0.1, 0.15) is 26.7 Å². The molecule has 0 aliphatic heterocycles. The van der Waals surface area contributed by atoms with Crippen LogP contribution in [-0.4, -0.2) is 0 Å². The topological polar surface area (TPSA) is 0 Å². The van der Waals surface area contributed by atoms with Crippen LogP contribution in [0.4, 0.5) is 0 Å². The summed E-state index contributed by atoms with van der Waals surface area (Å²) in [5.74, 6) is 0. The van der Waals surface area contributed by atoms with Gasteiger partial charge < -0.3 is 6.42 Å². The molecule has 0 aromatic carbocycles. The van der Waals surface area contributed by atoms with E-state index in [0.29, 0.717) is 0 Å². The Morgan fingerprint density at radius 3 is 2.00 bits per heavy atom. The van der Waals surface area contributed by atoms with E-state index in [0.717, 1.165) is 0 Å². The van der Waals surface area contributed by atoms with E-state index in [9.17, 15) is 0 Å². The largest absolute Gasteiger partial charge is 0.332 e. The molecule has 0 unspecified atom stereocenters. The molecule has 0 fully saturated rings. The van der Waals surface area contributed by atoms with Crippen molar-refractivity contribution in [2.45, 2.75) is 26.7 Å². The average Bonchev–Trinajstić information content (AvgIpc) is 1.41. The number of hydrogen-bond acceptors (Lipinski definition) is 0. The van der Waals surface area contributed by atoms with Gasteiger partial charge in [-0.25, -0.2) is 0 Å². The Hall–Kier alpha value is 1.05. The summed E-state index contributed by atoms with van der Waals surface area (Å²) in [5.41, 5.74) is 0. The molecule has 0 saturated heterocycles. The van der Waals surface area contributed by atoms with Gasteiger partial charge in [0.1, 0.15) is 0 Å². The molecular weight excluding hydrogens is 298 g/mol. The second-order valence-electron chi connectivity index (χ2n) is 1.20. The molecule has 0 aromatic heterocycles. The predicted octanol–water partition coefficient (Wildman–Crippen LogP) is 2.01. The Kier molecular flexibility index (Phi) is 15.9. The van der Waals surface area contributed by atoms with Gasteiger partial charge in [-0.3, -0.25) is 0 Å². The molecule has 0 N–H and O–H groups in total. The first kappa shape index (κ1) is 10.1. The second kappa shape index (κ2) is 9.41. The van der Waals surface area contributed by atoms with E-state index in [1.807, 2.05) is 0 Å². The van der Waals surface area contributed by atoms with E-state index >= 15 is 0 Å². The summed E-state index contributed by atoms with van der Waals surface area (Å²) in [7, 11) is 0. The maximum atomic E-state index is 2.18. The van der Waals surface area contributed by atoms with Crippen molar-refractivity contribution in [3.8, 4) is 0 Å². The second-order valence-corrected chi connectivity index (χ2v) is 1.20. The van der Waals surface area contributed by atoms with Gasteiger partial charge in [0, 0.05) is 31.1 Å². The van der Waals surface area contributed by atoms with Crippen LogP contribution < -0.4 is 0 Å². The maximum Gasteiger partial charge on any atom is 0 e. The Bertz CT molecular complexity index is 11.4. The third kappa shape index (κ3) is 8.90. The van der Waals surface area contributed by atoms with Gasteiger partial charge in [-0.1, -0.05) is 13.3 Å². The summed E-state index contributed by atoms with van der Waals surface area (Å²) < 4.78 is 0. The molecule has 0 saturated carbocycles. The molecule has 0 aromatic rings. The molecule has 0 atom stereocenters. The summed E-state index contributed by atoms with van der Waals surface area (Å²) in [6.45, 7) is 4.27. The molecule has 0 heterocycles.